The van der Waals surface area contributed by atoms with Gasteiger partial charge in [0.2, 0.25) is 5.91 Å². The van der Waals surface area contributed by atoms with Crippen molar-refractivity contribution in [3.05, 3.63) is 35.9 Å². The number of hydrogen-bond acceptors (Lipinski definition) is 4. The Morgan fingerprint density at radius 3 is 2.37 bits per heavy atom. The molecule has 1 amide bonds. The van der Waals surface area contributed by atoms with E-state index < -0.39 is 6.10 Å². The number of guanidine groups is 1. The molecule has 0 radical (unpaired) electrons. The summed E-state index contributed by atoms with van der Waals surface area (Å²) in [4.78, 5) is 23.5. The number of aliphatic imine (C=N–C) groups is 1. The maximum absolute atomic E-state index is 12.4. The number of carbonyl (C=O) groups is 1. The molecule has 2 fully saturated rings. The van der Waals surface area contributed by atoms with Crippen LogP contribution in [-0.2, 0) is 11.2 Å². The molecule has 0 spiro atoms. The van der Waals surface area contributed by atoms with Crippen LogP contribution in [0.4, 0.5) is 0 Å². The van der Waals surface area contributed by atoms with Crippen LogP contribution in [-0.4, -0.2) is 96.7 Å². The Morgan fingerprint density at radius 1 is 1.07 bits per heavy atom. The lowest BCUT2D eigenvalue weighted by Crippen LogP contribution is -2.54. The van der Waals surface area contributed by atoms with Crippen LogP contribution in [0.1, 0.15) is 25.3 Å². The van der Waals surface area contributed by atoms with E-state index in [-0.39, 0.29) is 29.9 Å². The van der Waals surface area contributed by atoms with E-state index in [0.29, 0.717) is 19.5 Å². The van der Waals surface area contributed by atoms with E-state index in [1.54, 1.807) is 0 Å². The molecule has 7 nitrogen and oxygen atoms in total. The average molecular weight is 529 g/mol. The van der Waals surface area contributed by atoms with Crippen LogP contribution in [0.25, 0.3) is 0 Å². The van der Waals surface area contributed by atoms with Crippen LogP contribution in [0.2, 0.25) is 0 Å². The molecule has 1 unspecified atom stereocenters. The van der Waals surface area contributed by atoms with Crippen LogP contribution in [0.5, 0.6) is 0 Å². The van der Waals surface area contributed by atoms with E-state index >= 15 is 0 Å². The molecule has 1 aromatic carbocycles. The van der Waals surface area contributed by atoms with Gasteiger partial charge in [0.05, 0.1) is 19.2 Å². The van der Waals surface area contributed by atoms with Crippen LogP contribution in [0, 0.1) is 0 Å². The number of benzene rings is 1. The number of likely N-dealkylation sites (tertiary alicyclic amines) is 1. The highest BCUT2D eigenvalue weighted by molar-refractivity contribution is 14.0. The first kappa shape index (κ1) is 24.9. The van der Waals surface area contributed by atoms with Gasteiger partial charge in [0.1, 0.15) is 0 Å². The Balaban J connectivity index is 0.00000320. The fraction of sp³-hybridized carbons (Fsp3) is 0.636. The SMILES string of the molecule is CCNC(=NCC(O)Cc1ccccc1)N1CCN(CC(=O)N2CCCC2)CC1.I. The highest BCUT2D eigenvalue weighted by Gasteiger charge is 2.24. The number of nitrogens with one attached hydrogen (secondary N) is 1. The van der Waals surface area contributed by atoms with Gasteiger partial charge < -0.3 is 20.2 Å². The topological polar surface area (TPSA) is 71.4 Å². The summed E-state index contributed by atoms with van der Waals surface area (Å²) in [6.45, 7) is 8.99. The second-order valence-corrected chi connectivity index (χ2v) is 7.89. The Bertz CT molecular complexity index is 659. The van der Waals surface area contributed by atoms with Gasteiger partial charge in [-0.2, -0.15) is 0 Å². The summed E-state index contributed by atoms with van der Waals surface area (Å²) < 4.78 is 0. The molecular formula is C22H36IN5O2. The van der Waals surface area contributed by atoms with Crippen molar-refractivity contribution in [2.75, 3.05) is 58.9 Å². The standard InChI is InChI=1S/C22H35N5O2.HI/c1-2-23-22(24-17-20(28)16-19-8-4-3-5-9-19)27-14-12-25(13-15-27)18-21(29)26-10-6-7-11-26;/h3-5,8-9,20,28H,2,6-7,10-18H2,1H3,(H,23,24);1H. The molecule has 0 aliphatic carbocycles. The van der Waals surface area contributed by atoms with E-state index in [4.69, 9.17) is 0 Å². The molecule has 1 aromatic rings. The molecule has 0 bridgehead atoms. The van der Waals surface area contributed by atoms with E-state index in [1.165, 1.54) is 0 Å². The lowest BCUT2D eigenvalue weighted by molar-refractivity contribution is -0.131. The lowest BCUT2D eigenvalue weighted by atomic mass is 10.1. The molecule has 2 N–H and O–H groups in total. The molecule has 2 heterocycles. The number of aliphatic hydroxyl groups excluding tert-OH is 1. The third-order valence-corrected chi connectivity index (χ3v) is 5.59. The summed E-state index contributed by atoms with van der Waals surface area (Å²) in [5, 5.41) is 13.7. The third-order valence-electron chi connectivity index (χ3n) is 5.59. The normalized spacial score (nSPS) is 18.8. The largest absolute Gasteiger partial charge is 0.391 e. The number of carbonyl (C=O) groups excluding carboxylic acids is 1. The van der Waals surface area contributed by atoms with Crippen molar-refractivity contribution in [1.29, 1.82) is 0 Å². The molecule has 1 atom stereocenters. The highest BCUT2D eigenvalue weighted by Crippen LogP contribution is 2.10. The second-order valence-electron chi connectivity index (χ2n) is 7.89. The zero-order chi connectivity index (χ0) is 20.5. The van der Waals surface area contributed by atoms with E-state index in [0.717, 1.165) is 70.2 Å². The van der Waals surface area contributed by atoms with Gasteiger partial charge in [0.15, 0.2) is 5.96 Å². The maximum Gasteiger partial charge on any atom is 0.236 e. The minimum Gasteiger partial charge on any atom is -0.391 e. The minimum atomic E-state index is -0.495. The molecule has 2 saturated heterocycles. The van der Waals surface area contributed by atoms with Gasteiger partial charge in [-0.05, 0) is 25.3 Å². The number of rotatable bonds is 7. The van der Waals surface area contributed by atoms with Gasteiger partial charge in [-0.15, -0.1) is 24.0 Å². The molecular weight excluding hydrogens is 493 g/mol. The van der Waals surface area contributed by atoms with Crippen LogP contribution in [0.15, 0.2) is 35.3 Å². The van der Waals surface area contributed by atoms with Gasteiger partial charge in [-0.1, -0.05) is 30.3 Å². The van der Waals surface area contributed by atoms with Crippen molar-refractivity contribution in [2.24, 2.45) is 4.99 Å². The number of halogens is 1. The summed E-state index contributed by atoms with van der Waals surface area (Å²) in [6.07, 6.45) is 2.39. The van der Waals surface area contributed by atoms with Gasteiger partial charge in [-0.25, -0.2) is 0 Å². The number of piperazine rings is 1. The smallest absolute Gasteiger partial charge is 0.236 e. The van der Waals surface area contributed by atoms with Gasteiger partial charge in [0, 0.05) is 52.2 Å². The van der Waals surface area contributed by atoms with Crippen molar-refractivity contribution in [3.63, 3.8) is 0 Å². The summed E-state index contributed by atoms with van der Waals surface area (Å²) in [6, 6.07) is 10.0. The van der Waals surface area contributed by atoms with E-state index in [9.17, 15) is 9.90 Å². The average Bonchev–Trinajstić information content (AvgIpc) is 3.28. The molecule has 3 rings (SSSR count). The van der Waals surface area contributed by atoms with Crippen molar-refractivity contribution in [1.82, 2.24) is 20.0 Å². The van der Waals surface area contributed by atoms with Crippen molar-refractivity contribution in [2.45, 2.75) is 32.3 Å². The fourth-order valence-corrected chi connectivity index (χ4v) is 3.94. The quantitative estimate of drug-likeness (QED) is 0.318. The van der Waals surface area contributed by atoms with Gasteiger partial charge in [-0.3, -0.25) is 14.7 Å². The minimum absolute atomic E-state index is 0. The monoisotopic (exact) mass is 529 g/mol. The molecule has 8 heteroatoms. The van der Waals surface area contributed by atoms with E-state index in [2.05, 4.69) is 27.0 Å². The van der Waals surface area contributed by atoms with Crippen LogP contribution >= 0.6 is 24.0 Å². The summed E-state index contributed by atoms with van der Waals surface area (Å²) in [5.74, 6) is 1.12. The van der Waals surface area contributed by atoms with Crippen LogP contribution in [0.3, 0.4) is 0 Å². The maximum atomic E-state index is 12.4. The predicted octanol–water partition coefficient (Wildman–Crippen LogP) is 1.41. The van der Waals surface area contributed by atoms with E-state index in [1.807, 2.05) is 35.2 Å². The zero-order valence-corrected chi connectivity index (χ0v) is 20.3. The fourth-order valence-electron chi connectivity index (χ4n) is 3.94. The van der Waals surface area contributed by atoms with Gasteiger partial charge >= 0.3 is 0 Å². The molecule has 2 aliphatic heterocycles. The Kier molecular flexibility index (Phi) is 10.9. The predicted molar refractivity (Wildman–Crippen MR) is 131 cm³/mol. The van der Waals surface area contributed by atoms with Gasteiger partial charge in [0.25, 0.3) is 0 Å². The first-order chi connectivity index (χ1) is 14.2. The molecule has 168 valence electrons. The molecule has 0 aromatic heterocycles. The van der Waals surface area contributed by atoms with Crippen LogP contribution < -0.4 is 5.32 Å². The number of hydrogen-bond donors (Lipinski definition) is 2. The van der Waals surface area contributed by atoms with Crippen molar-refractivity contribution in [3.8, 4) is 0 Å². The number of aliphatic hydroxyl groups is 1. The Morgan fingerprint density at radius 2 is 1.73 bits per heavy atom. The Hall–Kier alpha value is -1.39. The highest BCUT2D eigenvalue weighted by atomic mass is 127. The molecule has 30 heavy (non-hydrogen) atoms. The lowest BCUT2D eigenvalue weighted by Gasteiger charge is -2.36. The first-order valence-electron chi connectivity index (χ1n) is 10.9. The second kappa shape index (κ2) is 13.1. The Labute approximate surface area is 197 Å². The third kappa shape index (κ3) is 7.70. The first-order valence-corrected chi connectivity index (χ1v) is 10.9. The summed E-state index contributed by atoms with van der Waals surface area (Å²) >= 11 is 0. The summed E-state index contributed by atoms with van der Waals surface area (Å²) in [7, 11) is 0. The zero-order valence-electron chi connectivity index (χ0n) is 18.0. The molecule has 2 aliphatic rings. The number of nitrogens with zero attached hydrogens (tertiary/aromatic N) is 4. The summed E-state index contributed by atoms with van der Waals surface area (Å²) in [5.41, 5.74) is 1.12. The van der Waals surface area contributed by atoms with Crippen molar-refractivity contribution >= 4 is 35.8 Å². The molecule has 0 saturated carbocycles. The number of amides is 1. The van der Waals surface area contributed by atoms with Crippen molar-refractivity contribution < 1.29 is 9.90 Å².